The van der Waals surface area contributed by atoms with Gasteiger partial charge in [0.05, 0.1) is 0 Å². The monoisotopic (exact) mass is 366 g/mol. The molecule has 0 saturated heterocycles. The average Bonchev–Trinajstić information content (AvgIpc) is 2.71. The van der Waals surface area contributed by atoms with Crippen LogP contribution in [0.1, 0.15) is 74.6 Å². The normalized spacial score (nSPS) is 11.6. The van der Waals surface area contributed by atoms with Crippen LogP contribution in [0.25, 0.3) is 5.83 Å². The van der Waals surface area contributed by atoms with E-state index in [1.807, 2.05) is 19.1 Å². The van der Waals surface area contributed by atoms with E-state index in [0.29, 0.717) is 6.42 Å². The van der Waals surface area contributed by atoms with Gasteiger partial charge in [-0.05, 0) is 49.1 Å². The van der Waals surface area contributed by atoms with Crippen molar-refractivity contribution in [3.8, 4) is 11.8 Å². The maximum Gasteiger partial charge on any atom is 0.161 e. The van der Waals surface area contributed by atoms with Crippen LogP contribution in [0, 0.1) is 11.8 Å². The molecule has 0 aliphatic heterocycles. The zero-order valence-corrected chi connectivity index (χ0v) is 16.3. The number of unbranched alkanes of at least 4 members (excludes halogenated alkanes) is 3. The van der Waals surface area contributed by atoms with Crippen molar-refractivity contribution in [1.29, 1.82) is 0 Å². The summed E-state index contributed by atoms with van der Waals surface area (Å²) in [6.07, 6.45) is 6.46. The van der Waals surface area contributed by atoms with Crippen molar-refractivity contribution in [2.75, 3.05) is 0 Å². The molecule has 0 atom stereocenters. The fourth-order valence-corrected chi connectivity index (χ4v) is 2.78. The highest BCUT2D eigenvalue weighted by atomic mass is 19.2. The summed E-state index contributed by atoms with van der Waals surface area (Å²) in [7, 11) is 0. The summed E-state index contributed by atoms with van der Waals surface area (Å²) in [4.78, 5) is 0. The molecule has 0 spiro atoms. The molecule has 0 saturated carbocycles. The molecule has 2 rings (SSSR count). The SMILES string of the molecule is CCCCCc1ccc(C#Cc2ccc(/C(F)=C(\F)CCCC)cc2)cc1. The lowest BCUT2D eigenvalue weighted by molar-refractivity contribution is 0.548. The molecule has 0 bridgehead atoms. The molecule has 0 fully saturated rings. The molecule has 0 heterocycles. The number of allylic oxidation sites excluding steroid dienone is 1. The Balaban J connectivity index is 2.01. The standard InChI is InChI=1S/C25H28F2/c1-3-5-7-8-20-10-12-21(13-11-20)14-15-22-16-18-23(19-17-22)25(27)24(26)9-6-4-2/h10-13,16-19H,3-9H2,1-2H3/b25-24+. The lowest BCUT2D eigenvalue weighted by atomic mass is 10.1. The molecule has 0 aromatic heterocycles. The summed E-state index contributed by atoms with van der Waals surface area (Å²) in [5, 5.41) is 0. The summed E-state index contributed by atoms with van der Waals surface area (Å²) < 4.78 is 27.8. The van der Waals surface area contributed by atoms with Crippen LogP contribution in [0.5, 0.6) is 0 Å². The van der Waals surface area contributed by atoms with Crippen LogP contribution in [-0.2, 0) is 6.42 Å². The highest BCUT2D eigenvalue weighted by Crippen LogP contribution is 2.25. The van der Waals surface area contributed by atoms with Crippen LogP contribution in [0.3, 0.4) is 0 Å². The molecule has 0 N–H and O–H groups in total. The second-order valence-electron chi connectivity index (χ2n) is 6.80. The second-order valence-corrected chi connectivity index (χ2v) is 6.80. The predicted octanol–water partition coefficient (Wildman–Crippen LogP) is 7.62. The molecule has 0 nitrogen and oxygen atoms in total. The fraction of sp³-hybridized carbons (Fsp3) is 0.360. The van der Waals surface area contributed by atoms with Gasteiger partial charge >= 0.3 is 0 Å². The van der Waals surface area contributed by atoms with E-state index >= 15 is 0 Å². The summed E-state index contributed by atoms with van der Waals surface area (Å²) in [5.74, 6) is 4.77. The van der Waals surface area contributed by atoms with Crippen LogP contribution >= 0.6 is 0 Å². The van der Waals surface area contributed by atoms with E-state index in [1.54, 1.807) is 24.3 Å². The lowest BCUT2D eigenvalue weighted by Crippen LogP contribution is -1.86. The number of hydrogen-bond acceptors (Lipinski definition) is 0. The van der Waals surface area contributed by atoms with Crippen LogP contribution in [-0.4, -0.2) is 0 Å². The molecule has 27 heavy (non-hydrogen) atoms. The number of aryl methyl sites for hydroxylation is 1. The molecule has 2 aromatic carbocycles. The van der Waals surface area contributed by atoms with Crippen molar-refractivity contribution < 1.29 is 8.78 Å². The van der Waals surface area contributed by atoms with E-state index in [2.05, 4.69) is 30.9 Å². The largest absolute Gasteiger partial charge is 0.209 e. The van der Waals surface area contributed by atoms with E-state index < -0.39 is 11.7 Å². The van der Waals surface area contributed by atoms with Crippen LogP contribution in [0.4, 0.5) is 8.78 Å². The maximum atomic E-state index is 14.1. The molecular formula is C25H28F2. The van der Waals surface area contributed by atoms with Gasteiger partial charge in [-0.3, -0.25) is 0 Å². The zero-order valence-electron chi connectivity index (χ0n) is 16.3. The molecular weight excluding hydrogens is 338 g/mol. The molecule has 0 unspecified atom stereocenters. The number of hydrogen-bond donors (Lipinski definition) is 0. The molecule has 0 amide bonds. The van der Waals surface area contributed by atoms with Gasteiger partial charge < -0.3 is 0 Å². The first-order valence-corrected chi connectivity index (χ1v) is 9.89. The Labute approximate surface area is 162 Å². The minimum atomic E-state index is -0.762. The number of halogens is 2. The Hall–Kier alpha value is -2.40. The second kappa shape index (κ2) is 11.3. The minimum absolute atomic E-state index is 0.151. The summed E-state index contributed by atoms with van der Waals surface area (Å²) in [6, 6.07) is 15.0. The topological polar surface area (TPSA) is 0 Å². The first-order chi connectivity index (χ1) is 13.1. The number of rotatable bonds is 8. The Kier molecular flexibility index (Phi) is 8.78. The highest BCUT2D eigenvalue weighted by molar-refractivity contribution is 5.62. The molecule has 0 radical (unpaired) electrons. The maximum absolute atomic E-state index is 14.1. The van der Waals surface area contributed by atoms with Gasteiger partial charge in [-0.1, -0.05) is 69.2 Å². The van der Waals surface area contributed by atoms with Crippen molar-refractivity contribution in [1.82, 2.24) is 0 Å². The third kappa shape index (κ3) is 7.02. The summed E-state index contributed by atoms with van der Waals surface area (Å²) in [6.45, 7) is 4.16. The molecule has 0 aliphatic rings. The number of benzene rings is 2. The van der Waals surface area contributed by atoms with E-state index in [9.17, 15) is 8.78 Å². The van der Waals surface area contributed by atoms with E-state index in [-0.39, 0.29) is 12.0 Å². The van der Waals surface area contributed by atoms with Gasteiger partial charge in [-0.15, -0.1) is 0 Å². The predicted molar refractivity (Wildman–Crippen MR) is 111 cm³/mol. The van der Waals surface area contributed by atoms with Gasteiger partial charge in [0.2, 0.25) is 0 Å². The molecule has 2 aromatic rings. The first kappa shape index (κ1) is 20.9. The smallest absolute Gasteiger partial charge is 0.161 e. The zero-order chi connectivity index (χ0) is 19.5. The quantitative estimate of drug-likeness (QED) is 0.333. The molecule has 142 valence electrons. The fourth-order valence-electron chi connectivity index (χ4n) is 2.78. The van der Waals surface area contributed by atoms with Gasteiger partial charge in [-0.2, -0.15) is 0 Å². The Bertz CT molecular complexity index is 787. The summed E-state index contributed by atoms with van der Waals surface area (Å²) in [5.41, 5.74) is 3.35. The Morgan fingerprint density at radius 3 is 1.85 bits per heavy atom. The van der Waals surface area contributed by atoms with Crippen molar-refractivity contribution in [2.24, 2.45) is 0 Å². The lowest BCUT2D eigenvalue weighted by Gasteiger charge is -2.02. The molecule has 0 aliphatic carbocycles. The van der Waals surface area contributed by atoms with Crippen LogP contribution in [0.2, 0.25) is 0 Å². The van der Waals surface area contributed by atoms with E-state index in [0.717, 1.165) is 24.0 Å². The molecule has 2 heteroatoms. The van der Waals surface area contributed by atoms with Crippen molar-refractivity contribution in [2.45, 2.75) is 58.8 Å². The van der Waals surface area contributed by atoms with Gasteiger partial charge in [0.15, 0.2) is 5.83 Å². The van der Waals surface area contributed by atoms with Gasteiger partial charge in [0, 0.05) is 23.1 Å². The van der Waals surface area contributed by atoms with E-state index in [1.165, 1.54) is 24.8 Å². The third-order valence-electron chi connectivity index (χ3n) is 4.50. The van der Waals surface area contributed by atoms with Gasteiger partial charge in [-0.25, -0.2) is 8.78 Å². The first-order valence-electron chi connectivity index (χ1n) is 9.89. The summed E-state index contributed by atoms with van der Waals surface area (Å²) >= 11 is 0. The van der Waals surface area contributed by atoms with E-state index in [4.69, 9.17) is 0 Å². The average molecular weight is 366 g/mol. The minimum Gasteiger partial charge on any atom is -0.209 e. The van der Waals surface area contributed by atoms with Gasteiger partial charge in [0.1, 0.15) is 5.83 Å². The van der Waals surface area contributed by atoms with Crippen molar-refractivity contribution in [3.63, 3.8) is 0 Å². The Morgan fingerprint density at radius 1 is 0.741 bits per heavy atom. The third-order valence-corrected chi connectivity index (χ3v) is 4.50. The van der Waals surface area contributed by atoms with Crippen molar-refractivity contribution >= 4 is 5.83 Å². The van der Waals surface area contributed by atoms with Crippen LogP contribution < -0.4 is 0 Å². The Morgan fingerprint density at radius 2 is 1.30 bits per heavy atom. The van der Waals surface area contributed by atoms with Gasteiger partial charge in [0.25, 0.3) is 0 Å². The van der Waals surface area contributed by atoms with Crippen molar-refractivity contribution in [3.05, 3.63) is 76.6 Å². The van der Waals surface area contributed by atoms with Crippen LogP contribution in [0.15, 0.2) is 54.4 Å². The highest BCUT2D eigenvalue weighted by Gasteiger charge is 2.08.